The van der Waals surface area contributed by atoms with Crippen LogP contribution < -0.4 is 15.2 Å². The highest BCUT2D eigenvalue weighted by atomic mass is 32.1. The van der Waals surface area contributed by atoms with Crippen molar-refractivity contribution in [1.29, 1.82) is 0 Å². The molecule has 4 aromatic rings. The summed E-state index contributed by atoms with van der Waals surface area (Å²) >= 11 is 1.69. The average Bonchev–Trinajstić information content (AvgIpc) is 3.50. The number of nitrogens with two attached hydrogens (primary N) is 1. The topological polar surface area (TPSA) is 57.4 Å². The van der Waals surface area contributed by atoms with Crippen molar-refractivity contribution in [3.05, 3.63) is 99.5 Å². The zero-order valence-electron chi connectivity index (χ0n) is 18.8. The quantitative estimate of drug-likeness (QED) is 0.292. The Balaban J connectivity index is 1.40. The smallest absolute Gasteiger partial charge is 0.131 e. The molecule has 1 aromatic heterocycles. The van der Waals surface area contributed by atoms with Gasteiger partial charge in [-0.1, -0.05) is 37.3 Å². The summed E-state index contributed by atoms with van der Waals surface area (Å²) in [5.41, 5.74) is 11.9. The molecule has 5 heteroatoms. The lowest BCUT2D eigenvalue weighted by Crippen LogP contribution is -2.01. The molecule has 4 nitrogen and oxygen atoms in total. The van der Waals surface area contributed by atoms with Gasteiger partial charge in [-0.25, -0.2) is 4.98 Å². The summed E-state index contributed by atoms with van der Waals surface area (Å²) < 4.78 is 12.6. The van der Waals surface area contributed by atoms with Gasteiger partial charge < -0.3 is 15.2 Å². The van der Waals surface area contributed by atoms with Crippen molar-refractivity contribution in [2.75, 3.05) is 5.73 Å². The number of rotatable bonds is 8. The van der Waals surface area contributed by atoms with Crippen LogP contribution in [0.3, 0.4) is 0 Å². The van der Waals surface area contributed by atoms with Gasteiger partial charge in [-0.05, 0) is 72.2 Å². The maximum absolute atomic E-state index is 6.42. The van der Waals surface area contributed by atoms with Crippen LogP contribution in [0.4, 0.5) is 5.69 Å². The van der Waals surface area contributed by atoms with Crippen molar-refractivity contribution < 1.29 is 9.47 Å². The van der Waals surface area contributed by atoms with Gasteiger partial charge in [0.05, 0.1) is 5.01 Å². The zero-order chi connectivity index (χ0) is 22.6. The number of aryl methyl sites for hydroxylation is 2. The van der Waals surface area contributed by atoms with Gasteiger partial charge in [-0.3, -0.25) is 0 Å². The van der Waals surface area contributed by atoms with Gasteiger partial charge in [0, 0.05) is 29.2 Å². The van der Waals surface area contributed by atoms with Crippen LogP contribution in [0.25, 0.3) is 0 Å². The molecule has 1 aliphatic carbocycles. The van der Waals surface area contributed by atoms with E-state index in [4.69, 9.17) is 15.2 Å². The monoisotopic (exact) mass is 456 g/mol. The van der Waals surface area contributed by atoms with Crippen LogP contribution in [0, 0.1) is 0 Å². The van der Waals surface area contributed by atoms with E-state index in [1.807, 2.05) is 54.0 Å². The van der Waals surface area contributed by atoms with Crippen molar-refractivity contribution in [2.24, 2.45) is 0 Å². The summed E-state index contributed by atoms with van der Waals surface area (Å²) in [7, 11) is 0. The Morgan fingerprint density at radius 3 is 2.70 bits per heavy atom. The highest BCUT2D eigenvalue weighted by molar-refractivity contribution is 7.09. The van der Waals surface area contributed by atoms with Gasteiger partial charge in [-0.15, -0.1) is 11.3 Å². The van der Waals surface area contributed by atoms with Gasteiger partial charge in [0.2, 0.25) is 0 Å². The Hall–Kier alpha value is -3.31. The minimum atomic E-state index is 0.455. The highest BCUT2D eigenvalue weighted by Gasteiger charge is 2.25. The molecule has 33 heavy (non-hydrogen) atoms. The van der Waals surface area contributed by atoms with Crippen LogP contribution in [0.15, 0.2) is 72.2 Å². The third-order valence-corrected chi connectivity index (χ3v) is 7.10. The number of hydrogen-bond donors (Lipinski definition) is 1. The van der Waals surface area contributed by atoms with E-state index in [2.05, 4.69) is 30.1 Å². The van der Waals surface area contributed by atoms with E-state index < -0.39 is 0 Å². The first-order chi connectivity index (χ1) is 16.2. The van der Waals surface area contributed by atoms with Crippen molar-refractivity contribution >= 4 is 17.0 Å². The van der Waals surface area contributed by atoms with E-state index >= 15 is 0 Å². The lowest BCUT2D eigenvalue weighted by molar-refractivity contribution is 0.302. The first-order valence-electron chi connectivity index (χ1n) is 11.4. The minimum Gasteiger partial charge on any atom is -0.489 e. The number of nitrogen functional groups attached to an aromatic ring is 1. The lowest BCUT2D eigenvalue weighted by Gasteiger charge is -2.17. The van der Waals surface area contributed by atoms with E-state index in [-0.39, 0.29) is 0 Å². The third kappa shape index (κ3) is 4.88. The molecule has 0 saturated carbocycles. The lowest BCUT2D eigenvalue weighted by atomic mass is 10.0. The fraction of sp³-hybridized carbons (Fsp3) is 0.250. The average molecular weight is 457 g/mol. The number of ether oxygens (including phenoxy) is 2. The van der Waals surface area contributed by atoms with Crippen LogP contribution in [-0.4, -0.2) is 4.98 Å². The largest absolute Gasteiger partial charge is 0.489 e. The van der Waals surface area contributed by atoms with Crippen LogP contribution in [0.2, 0.25) is 0 Å². The molecule has 1 heterocycles. The second kappa shape index (κ2) is 9.67. The minimum absolute atomic E-state index is 0.455. The van der Waals surface area contributed by atoms with Gasteiger partial charge in [-0.2, -0.15) is 0 Å². The first-order valence-corrected chi connectivity index (χ1v) is 12.3. The molecule has 1 atom stereocenters. The zero-order valence-corrected chi connectivity index (χ0v) is 19.6. The van der Waals surface area contributed by atoms with Crippen LogP contribution in [0.5, 0.6) is 17.2 Å². The SMILES string of the molecule is CC1CCc2c(N)ccc(Oc3ccc(OCc4ccccc4)c(CCc4nccs4)c3)c21. The van der Waals surface area contributed by atoms with Crippen LogP contribution in [0.1, 0.15) is 46.5 Å². The molecule has 0 amide bonds. The van der Waals surface area contributed by atoms with E-state index in [9.17, 15) is 0 Å². The molecule has 0 aliphatic heterocycles. The molecule has 5 rings (SSSR count). The Morgan fingerprint density at radius 2 is 1.88 bits per heavy atom. The maximum atomic E-state index is 6.42. The normalized spacial score (nSPS) is 14.8. The Morgan fingerprint density at radius 1 is 1.03 bits per heavy atom. The summed E-state index contributed by atoms with van der Waals surface area (Å²) in [4.78, 5) is 4.44. The fourth-order valence-electron chi connectivity index (χ4n) is 4.51. The summed E-state index contributed by atoms with van der Waals surface area (Å²) in [5, 5.41) is 3.14. The summed E-state index contributed by atoms with van der Waals surface area (Å²) in [5.74, 6) is 3.07. The van der Waals surface area contributed by atoms with E-state index in [0.29, 0.717) is 12.5 Å². The molecule has 1 aliphatic rings. The van der Waals surface area contributed by atoms with Crippen molar-refractivity contribution in [2.45, 2.75) is 45.1 Å². The van der Waals surface area contributed by atoms with Gasteiger partial charge >= 0.3 is 0 Å². The highest BCUT2D eigenvalue weighted by Crippen LogP contribution is 2.43. The number of benzene rings is 3. The first kappa shape index (κ1) is 21.5. The predicted octanol–water partition coefficient (Wildman–Crippen LogP) is 6.93. The van der Waals surface area contributed by atoms with Crippen LogP contribution in [-0.2, 0) is 25.9 Å². The van der Waals surface area contributed by atoms with Gasteiger partial charge in [0.15, 0.2) is 0 Å². The summed E-state index contributed by atoms with van der Waals surface area (Å²) in [6, 6.07) is 20.3. The molecule has 168 valence electrons. The number of anilines is 1. The third-order valence-electron chi connectivity index (χ3n) is 6.26. The number of aromatic nitrogens is 1. The second-order valence-electron chi connectivity index (χ2n) is 8.56. The molecule has 2 N–H and O–H groups in total. The van der Waals surface area contributed by atoms with Crippen molar-refractivity contribution in [3.63, 3.8) is 0 Å². The summed E-state index contributed by atoms with van der Waals surface area (Å²) in [6.45, 7) is 2.78. The maximum Gasteiger partial charge on any atom is 0.131 e. The Labute approximate surface area is 199 Å². The number of nitrogens with zero attached hydrogens (tertiary/aromatic N) is 1. The predicted molar refractivity (Wildman–Crippen MR) is 134 cm³/mol. The number of fused-ring (bicyclic) bond motifs is 1. The molecule has 0 radical (unpaired) electrons. The van der Waals surface area contributed by atoms with Gasteiger partial charge in [0.25, 0.3) is 0 Å². The Bertz CT molecular complexity index is 1220. The molecule has 0 fully saturated rings. The standard InChI is InChI=1S/C28H28N2O2S/c1-19-7-10-23-24(29)11-13-26(28(19)23)32-22-9-12-25(31-18-20-5-3-2-4-6-20)21(17-22)8-14-27-30-15-16-33-27/h2-6,9,11-13,15-17,19H,7-8,10,14,18,29H2,1H3. The van der Waals surface area contributed by atoms with Crippen molar-refractivity contribution in [3.8, 4) is 17.2 Å². The molecule has 3 aromatic carbocycles. The molecule has 1 unspecified atom stereocenters. The fourth-order valence-corrected chi connectivity index (χ4v) is 5.13. The van der Waals surface area contributed by atoms with E-state index in [1.165, 1.54) is 11.1 Å². The molecule has 0 saturated heterocycles. The molecule has 0 spiro atoms. The molecular weight excluding hydrogens is 428 g/mol. The molecule has 0 bridgehead atoms. The van der Waals surface area contributed by atoms with Crippen LogP contribution >= 0.6 is 11.3 Å². The number of thiazole rings is 1. The van der Waals surface area contributed by atoms with E-state index in [1.54, 1.807) is 11.3 Å². The summed E-state index contributed by atoms with van der Waals surface area (Å²) in [6.07, 6.45) is 5.70. The van der Waals surface area contributed by atoms with Gasteiger partial charge in [0.1, 0.15) is 23.9 Å². The van der Waals surface area contributed by atoms with E-state index in [0.717, 1.165) is 64.8 Å². The van der Waals surface area contributed by atoms with Crippen molar-refractivity contribution in [1.82, 2.24) is 4.98 Å². The molecular formula is C28H28N2O2S. The number of hydrogen-bond acceptors (Lipinski definition) is 5. The second-order valence-corrected chi connectivity index (χ2v) is 9.54. The Kier molecular flexibility index (Phi) is 6.31.